The Labute approximate surface area is 273 Å². The minimum Gasteiger partial charge on any atom is -0.487 e. The first-order valence-corrected chi connectivity index (χ1v) is 16.9. The van der Waals surface area contributed by atoms with E-state index in [-0.39, 0.29) is 36.0 Å². The van der Waals surface area contributed by atoms with Crippen molar-refractivity contribution >= 4 is 11.9 Å². The number of carbonyl (C=O) groups excluding carboxylic acids is 2. The Kier molecular flexibility index (Phi) is 7.93. The number of esters is 1. The van der Waals surface area contributed by atoms with Crippen LogP contribution >= 0.6 is 0 Å². The predicted octanol–water partition coefficient (Wildman–Crippen LogP) is 5.87. The van der Waals surface area contributed by atoms with Crippen molar-refractivity contribution in [1.82, 2.24) is 9.80 Å². The zero-order valence-electron chi connectivity index (χ0n) is 27.4. The highest BCUT2D eigenvalue weighted by Gasteiger charge is 2.75. The summed E-state index contributed by atoms with van der Waals surface area (Å²) in [5.74, 6) is 6.83. The Morgan fingerprint density at radius 3 is 2.63 bits per heavy atom. The summed E-state index contributed by atoms with van der Waals surface area (Å²) in [6.45, 7) is 10.2. The summed E-state index contributed by atoms with van der Waals surface area (Å²) in [4.78, 5) is 31.7. The number of rotatable bonds is 7. The van der Waals surface area contributed by atoms with E-state index in [0.29, 0.717) is 19.4 Å². The lowest BCUT2D eigenvalue weighted by molar-refractivity contribution is -0.224. The number of hydrogen-bond donors (Lipinski definition) is 0. The molecule has 7 rings (SSSR count). The highest BCUT2D eigenvalue weighted by atomic mass is 16.6. The second kappa shape index (κ2) is 11.9. The molecule has 3 aromatic carbocycles. The number of piperidine rings is 1. The minimum atomic E-state index is -0.742. The van der Waals surface area contributed by atoms with Gasteiger partial charge in [-0.3, -0.25) is 14.5 Å². The summed E-state index contributed by atoms with van der Waals surface area (Å²) >= 11 is 0. The quantitative estimate of drug-likeness (QED) is 0.246. The molecule has 6 nitrogen and oxygen atoms in total. The second-order valence-corrected chi connectivity index (χ2v) is 14.1. The molecule has 0 unspecified atom stereocenters. The summed E-state index contributed by atoms with van der Waals surface area (Å²) in [5.41, 5.74) is 4.45. The number of benzene rings is 3. The van der Waals surface area contributed by atoms with Gasteiger partial charge in [-0.1, -0.05) is 74.4 Å². The molecule has 2 aliphatic heterocycles. The maximum absolute atomic E-state index is 14.1. The molecule has 0 radical (unpaired) electrons. The van der Waals surface area contributed by atoms with Crippen LogP contribution in [0.3, 0.4) is 0 Å². The zero-order chi connectivity index (χ0) is 32.1. The van der Waals surface area contributed by atoms with Gasteiger partial charge >= 0.3 is 5.97 Å². The number of likely N-dealkylation sites (tertiary alicyclic amines) is 1. The van der Waals surface area contributed by atoms with E-state index in [0.717, 1.165) is 49.2 Å². The van der Waals surface area contributed by atoms with Crippen molar-refractivity contribution in [2.45, 2.75) is 89.0 Å². The molecule has 3 aromatic rings. The normalized spacial score (nSPS) is 27.2. The maximum atomic E-state index is 14.1. The monoisotopic (exact) mass is 616 g/mol. The molecule has 5 atom stereocenters. The van der Waals surface area contributed by atoms with Crippen LogP contribution in [-0.2, 0) is 32.6 Å². The summed E-state index contributed by atoms with van der Waals surface area (Å²) in [6.07, 6.45) is 3.56. The molecule has 1 saturated carbocycles. The highest BCUT2D eigenvalue weighted by molar-refractivity contribution is 5.94. The minimum absolute atomic E-state index is 0.0251. The Morgan fingerprint density at radius 1 is 1.07 bits per heavy atom. The van der Waals surface area contributed by atoms with Gasteiger partial charge in [-0.25, -0.2) is 0 Å². The van der Waals surface area contributed by atoms with Crippen LogP contribution in [0.1, 0.15) is 67.9 Å². The lowest BCUT2D eigenvalue weighted by atomic mass is 9.48. The van der Waals surface area contributed by atoms with Crippen LogP contribution in [0.5, 0.6) is 5.75 Å². The Hall–Kier alpha value is -4.08. The molecule has 0 N–H and O–H groups in total. The van der Waals surface area contributed by atoms with Crippen molar-refractivity contribution in [2.24, 2.45) is 5.92 Å². The molecule has 4 aliphatic rings. The number of amides is 1. The van der Waals surface area contributed by atoms with Gasteiger partial charge in [-0.05, 0) is 86.4 Å². The zero-order valence-corrected chi connectivity index (χ0v) is 27.4. The van der Waals surface area contributed by atoms with Crippen molar-refractivity contribution in [3.05, 3.63) is 101 Å². The molecule has 1 amide bonds. The van der Waals surface area contributed by atoms with Crippen molar-refractivity contribution in [2.75, 3.05) is 19.6 Å². The first kappa shape index (κ1) is 30.6. The van der Waals surface area contributed by atoms with Crippen LogP contribution in [0.2, 0.25) is 0 Å². The van der Waals surface area contributed by atoms with Crippen LogP contribution in [0.4, 0.5) is 0 Å². The van der Waals surface area contributed by atoms with E-state index in [9.17, 15) is 9.59 Å². The molecule has 0 aromatic heterocycles. The molecule has 1 spiro atoms. The average Bonchev–Trinajstić information content (AvgIpc) is 3.37. The van der Waals surface area contributed by atoms with Crippen LogP contribution in [0.15, 0.2) is 72.8 Å². The van der Waals surface area contributed by atoms with Crippen LogP contribution in [0, 0.1) is 24.7 Å². The van der Waals surface area contributed by atoms with Gasteiger partial charge in [-0.2, -0.15) is 0 Å². The van der Waals surface area contributed by atoms with Gasteiger partial charge in [0.1, 0.15) is 17.5 Å². The van der Waals surface area contributed by atoms with Gasteiger partial charge in [0.2, 0.25) is 0 Å². The fourth-order valence-electron chi connectivity index (χ4n) is 9.20. The molecule has 2 aliphatic carbocycles. The molecule has 6 heteroatoms. The SMILES string of the molecule is CC(=O)O[C@@]12CC[C@@H](N(CC(C)C)C(=O)C#Cc3cccc(C)c3)[C@@H]3Oc4cccc5c4[C@@]31CCN(CCc1ccccc1)[C@@H]2C5. The Balaban J connectivity index is 1.29. The van der Waals surface area contributed by atoms with Crippen LogP contribution in [-0.4, -0.2) is 65.1 Å². The van der Waals surface area contributed by atoms with E-state index >= 15 is 0 Å². The van der Waals surface area contributed by atoms with E-state index in [2.05, 4.69) is 79.1 Å². The molecule has 238 valence electrons. The third-order valence-corrected chi connectivity index (χ3v) is 10.8. The summed E-state index contributed by atoms with van der Waals surface area (Å²) in [5, 5.41) is 0. The Bertz CT molecular complexity index is 1710. The largest absolute Gasteiger partial charge is 0.487 e. The summed E-state index contributed by atoms with van der Waals surface area (Å²) < 4.78 is 13.7. The Morgan fingerprint density at radius 2 is 1.87 bits per heavy atom. The number of ether oxygens (including phenoxy) is 2. The lowest BCUT2D eigenvalue weighted by Gasteiger charge is -2.65. The maximum Gasteiger partial charge on any atom is 0.303 e. The van der Waals surface area contributed by atoms with Gasteiger partial charge in [-0.15, -0.1) is 0 Å². The van der Waals surface area contributed by atoms with E-state index in [1.54, 1.807) is 6.92 Å². The first-order chi connectivity index (χ1) is 22.2. The van der Waals surface area contributed by atoms with Crippen molar-refractivity contribution < 1.29 is 19.1 Å². The number of hydrogen-bond acceptors (Lipinski definition) is 5. The molecular weight excluding hydrogens is 572 g/mol. The molecule has 2 fully saturated rings. The number of nitrogens with zero attached hydrogens (tertiary/aromatic N) is 2. The van der Waals surface area contributed by atoms with Crippen molar-refractivity contribution in [3.63, 3.8) is 0 Å². The van der Waals surface area contributed by atoms with Crippen LogP contribution in [0.25, 0.3) is 0 Å². The van der Waals surface area contributed by atoms with E-state index in [4.69, 9.17) is 9.47 Å². The lowest BCUT2D eigenvalue weighted by Crippen LogP contribution is -2.79. The number of carbonyl (C=O) groups is 2. The first-order valence-electron chi connectivity index (χ1n) is 16.9. The second-order valence-electron chi connectivity index (χ2n) is 14.1. The topological polar surface area (TPSA) is 59.1 Å². The number of aryl methyl sites for hydroxylation is 1. The fraction of sp³-hybridized carbons (Fsp3) is 0.450. The van der Waals surface area contributed by atoms with Gasteiger partial charge in [0.25, 0.3) is 5.91 Å². The highest BCUT2D eigenvalue weighted by Crippen LogP contribution is 2.65. The molecule has 2 heterocycles. The van der Waals surface area contributed by atoms with E-state index < -0.39 is 11.0 Å². The van der Waals surface area contributed by atoms with Gasteiger partial charge in [0, 0.05) is 37.1 Å². The fourth-order valence-corrected chi connectivity index (χ4v) is 9.20. The molecule has 1 saturated heterocycles. The van der Waals surface area contributed by atoms with E-state index in [1.807, 2.05) is 36.1 Å². The predicted molar refractivity (Wildman–Crippen MR) is 178 cm³/mol. The third kappa shape index (κ3) is 5.00. The van der Waals surface area contributed by atoms with Gasteiger partial charge < -0.3 is 14.4 Å². The smallest absolute Gasteiger partial charge is 0.303 e. The van der Waals surface area contributed by atoms with Gasteiger partial charge in [0.15, 0.2) is 0 Å². The molecular formula is C40H44N2O4. The van der Waals surface area contributed by atoms with Crippen molar-refractivity contribution in [1.29, 1.82) is 0 Å². The standard InChI is InChI=1S/C40H44N2O4/c1-27(2)26-42(36(44)17-16-31-13-8-10-28(3)24-31)33-18-20-40(46-29(4)43)35-25-32-14-9-15-34-37(32)39(40,38(33)45-34)21-23-41(35)22-19-30-11-6-5-7-12-30/h5-15,24,27,33,35,38H,18-23,25-26H2,1-4H3/t33-,35-,38+,39+,40-/m1/s1. The summed E-state index contributed by atoms with van der Waals surface area (Å²) in [7, 11) is 0. The van der Waals surface area contributed by atoms with Gasteiger partial charge in [0.05, 0.1) is 17.5 Å². The van der Waals surface area contributed by atoms with E-state index in [1.165, 1.54) is 16.7 Å². The average molecular weight is 617 g/mol. The summed E-state index contributed by atoms with van der Waals surface area (Å²) in [6, 6.07) is 24.8. The van der Waals surface area contributed by atoms with Crippen LogP contribution < -0.4 is 4.74 Å². The third-order valence-electron chi connectivity index (χ3n) is 10.8. The molecule has 2 bridgehead atoms. The molecule has 46 heavy (non-hydrogen) atoms. The van der Waals surface area contributed by atoms with Crippen molar-refractivity contribution in [3.8, 4) is 17.6 Å².